The van der Waals surface area contributed by atoms with Crippen molar-refractivity contribution in [3.63, 3.8) is 0 Å². The van der Waals surface area contributed by atoms with Gasteiger partial charge in [0.1, 0.15) is 5.75 Å². The van der Waals surface area contributed by atoms with E-state index in [2.05, 4.69) is 20.6 Å². The monoisotopic (exact) mass is 334 g/mol. The van der Waals surface area contributed by atoms with E-state index in [1.54, 1.807) is 19.2 Å². The van der Waals surface area contributed by atoms with Crippen molar-refractivity contribution in [3.8, 4) is 5.75 Å². The van der Waals surface area contributed by atoms with Gasteiger partial charge in [0.15, 0.2) is 0 Å². The van der Waals surface area contributed by atoms with Gasteiger partial charge >= 0.3 is 0 Å². The van der Waals surface area contributed by atoms with Crippen molar-refractivity contribution >= 4 is 17.5 Å². The normalized spacial score (nSPS) is 10.1. The zero-order valence-electron chi connectivity index (χ0n) is 13.8. The number of benzene rings is 2. The van der Waals surface area contributed by atoms with Crippen molar-refractivity contribution in [1.82, 2.24) is 9.97 Å². The van der Waals surface area contributed by atoms with E-state index in [1.807, 2.05) is 42.5 Å². The quantitative estimate of drug-likeness (QED) is 0.723. The van der Waals surface area contributed by atoms with Crippen molar-refractivity contribution in [3.05, 3.63) is 78.1 Å². The Kier molecular flexibility index (Phi) is 5.21. The van der Waals surface area contributed by atoms with Gasteiger partial charge in [0.05, 0.1) is 12.7 Å². The van der Waals surface area contributed by atoms with Crippen LogP contribution in [0.3, 0.4) is 0 Å². The molecule has 0 aliphatic carbocycles. The van der Waals surface area contributed by atoms with Gasteiger partial charge in [-0.25, -0.2) is 9.97 Å². The molecule has 1 heterocycles. The molecule has 0 saturated carbocycles. The minimum absolute atomic E-state index is 0.275. The number of ether oxygens (including phenoxy) is 1. The highest BCUT2D eigenvalue weighted by Crippen LogP contribution is 2.17. The maximum atomic E-state index is 12.3. The maximum absolute atomic E-state index is 12.3. The molecule has 6 heteroatoms. The molecule has 0 fully saturated rings. The average Bonchev–Trinajstić information content (AvgIpc) is 2.67. The van der Waals surface area contributed by atoms with E-state index >= 15 is 0 Å². The first-order valence-corrected chi connectivity index (χ1v) is 7.80. The number of anilines is 2. The van der Waals surface area contributed by atoms with Crippen molar-refractivity contribution in [2.24, 2.45) is 0 Å². The molecule has 0 aliphatic heterocycles. The van der Waals surface area contributed by atoms with Crippen LogP contribution in [0.25, 0.3) is 0 Å². The zero-order chi connectivity index (χ0) is 17.5. The average molecular weight is 334 g/mol. The molecule has 0 radical (unpaired) electrons. The van der Waals surface area contributed by atoms with Gasteiger partial charge in [-0.2, -0.15) is 0 Å². The second kappa shape index (κ2) is 7.92. The third-order valence-corrected chi connectivity index (χ3v) is 3.54. The maximum Gasteiger partial charge on any atom is 0.258 e. The van der Waals surface area contributed by atoms with Crippen LogP contribution in [0, 0.1) is 0 Å². The fourth-order valence-corrected chi connectivity index (χ4v) is 2.22. The van der Waals surface area contributed by atoms with Crippen LogP contribution in [0.15, 0.2) is 67.0 Å². The van der Waals surface area contributed by atoms with E-state index in [-0.39, 0.29) is 5.91 Å². The number of nitrogens with one attached hydrogen (secondary N) is 2. The molecule has 1 aromatic heterocycles. The van der Waals surface area contributed by atoms with Gasteiger partial charge in [-0.3, -0.25) is 4.79 Å². The van der Waals surface area contributed by atoms with E-state index in [4.69, 9.17) is 4.74 Å². The van der Waals surface area contributed by atoms with Crippen molar-refractivity contribution in [2.45, 2.75) is 6.54 Å². The number of nitrogens with zero attached hydrogens (tertiary/aromatic N) is 2. The fourth-order valence-electron chi connectivity index (χ4n) is 2.22. The fraction of sp³-hybridized carbons (Fsp3) is 0.105. The summed E-state index contributed by atoms with van der Waals surface area (Å²) in [5, 5.41) is 5.91. The summed E-state index contributed by atoms with van der Waals surface area (Å²) in [5.74, 6) is 0.874. The third kappa shape index (κ3) is 4.54. The van der Waals surface area contributed by atoms with Gasteiger partial charge in [0.25, 0.3) is 5.91 Å². The van der Waals surface area contributed by atoms with E-state index in [0.717, 1.165) is 5.56 Å². The summed E-state index contributed by atoms with van der Waals surface area (Å²) in [7, 11) is 1.58. The van der Waals surface area contributed by atoms with E-state index < -0.39 is 0 Å². The van der Waals surface area contributed by atoms with Crippen LogP contribution in [-0.2, 0) is 6.54 Å². The molecule has 0 spiro atoms. The van der Waals surface area contributed by atoms with Crippen LogP contribution in [0.2, 0.25) is 0 Å². The SMILES string of the molecule is COc1cccc(NC(=O)c2cnc(NCc3ccccc3)nc2)c1. The van der Waals surface area contributed by atoms with Crippen molar-refractivity contribution in [1.29, 1.82) is 0 Å². The topological polar surface area (TPSA) is 76.1 Å². The molecule has 6 nitrogen and oxygen atoms in total. The number of methoxy groups -OCH3 is 1. The number of hydrogen-bond donors (Lipinski definition) is 2. The van der Waals surface area contributed by atoms with E-state index in [1.165, 1.54) is 12.4 Å². The Balaban J connectivity index is 1.60. The van der Waals surface area contributed by atoms with Crippen LogP contribution in [0.1, 0.15) is 15.9 Å². The summed E-state index contributed by atoms with van der Waals surface area (Å²) in [4.78, 5) is 20.6. The lowest BCUT2D eigenvalue weighted by Gasteiger charge is -2.08. The Morgan fingerprint density at radius 1 is 1.04 bits per heavy atom. The van der Waals surface area contributed by atoms with Crippen molar-refractivity contribution in [2.75, 3.05) is 17.7 Å². The van der Waals surface area contributed by atoms with Gasteiger partial charge < -0.3 is 15.4 Å². The highest BCUT2D eigenvalue weighted by Gasteiger charge is 2.08. The molecule has 0 unspecified atom stereocenters. The highest BCUT2D eigenvalue weighted by molar-refractivity contribution is 6.03. The molecule has 126 valence electrons. The molecule has 2 aromatic carbocycles. The molecule has 3 rings (SSSR count). The van der Waals surface area contributed by atoms with E-state index in [0.29, 0.717) is 29.5 Å². The highest BCUT2D eigenvalue weighted by atomic mass is 16.5. The molecule has 0 aliphatic rings. The number of hydrogen-bond acceptors (Lipinski definition) is 5. The van der Waals surface area contributed by atoms with Crippen LogP contribution < -0.4 is 15.4 Å². The Morgan fingerprint density at radius 3 is 2.52 bits per heavy atom. The largest absolute Gasteiger partial charge is 0.497 e. The van der Waals surface area contributed by atoms with Crippen LogP contribution >= 0.6 is 0 Å². The minimum atomic E-state index is -0.275. The van der Waals surface area contributed by atoms with Gasteiger partial charge in [-0.05, 0) is 17.7 Å². The molecule has 2 N–H and O–H groups in total. The second-order valence-corrected chi connectivity index (χ2v) is 5.32. The standard InChI is InChI=1S/C19H18N4O2/c1-25-17-9-5-8-16(10-17)23-18(24)15-12-21-19(22-13-15)20-11-14-6-3-2-4-7-14/h2-10,12-13H,11H2,1H3,(H,23,24)(H,20,21,22). The predicted molar refractivity (Wildman–Crippen MR) is 96.7 cm³/mol. The molecular weight excluding hydrogens is 316 g/mol. The first-order chi connectivity index (χ1) is 12.2. The molecule has 0 atom stereocenters. The smallest absolute Gasteiger partial charge is 0.258 e. The number of aromatic nitrogens is 2. The molecule has 1 amide bonds. The Labute approximate surface area is 145 Å². The molecule has 0 bridgehead atoms. The lowest BCUT2D eigenvalue weighted by Crippen LogP contribution is -2.13. The van der Waals surface area contributed by atoms with Gasteiger partial charge in [-0.1, -0.05) is 36.4 Å². The third-order valence-electron chi connectivity index (χ3n) is 3.54. The molecule has 25 heavy (non-hydrogen) atoms. The number of carbonyl (C=O) groups excluding carboxylic acids is 1. The summed E-state index contributed by atoms with van der Waals surface area (Å²) in [6.07, 6.45) is 2.99. The zero-order valence-corrected chi connectivity index (χ0v) is 13.8. The predicted octanol–water partition coefficient (Wildman–Crippen LogP) is 3.35. The molecule has 0 saturated heterocycles. The number of amides is 1. The van der Waals surface area contributed by atoms with Gasteiger partial charge in [-0.15, -0.1) is 0 Å². The van der Waals surface area contributed by atoms with Crippen LogP contribution in [0.4, 0.5) is 11.6 Å². The Hall–Kier alpha value is -3.41. The first-order valence-electron chi connectivity index (χ1n) is 7.80. The Morgan fingerprint density at radius 2 is 1.80 bits per heavy atom. The summed E-state index contributed by atoms with van der Waals surface area (Å²) in [6.45, 7) is 0.621. The van der Waals surface area contributed by atoms with Gasteiger partial charge in [0.2, 0.25) is 5.95 Å². The molecule has 3 aromatic rings. The summed E-state index contributed by atoms with van der Waals surface area (Å²) < 4.78 is 5.14. The summed E-state index contributed by atoms with van der Waals surface area (Å²) in [6, 6.07) is 17.1. The minimum Gasteiger partial charge on any atom is -0.497 e. The lowest BCUT2D eigenvalue weighted by atomic mass is 10.2. The number of rotatable bonds is 6. The van der Waals surface area contributed by atoms with E-state index in [9.17, 15) is 4.79 Å². The van der Waals surface area contributed by atoms with Crippen molar-refractivity contribution < 1.29 is 9.53 Å². The summed E-state index contributed by atoms with van der Waals surface area (Å²) in [5.41, 5.74) is 2.16. The molecular formula is C19H18N4O2. The van der Waals surface area contributed by atoms with Gasteiger partial charge in [0, 0.05) is 30.7 Å². The van der Waals surface area contributed by atoms with Crippen LogP contribution in [0.5, 0.6) is 5.75 Å². The first kappa shape index (κ1) is 16.4. The lowest BCUT2D eigenvalue weighted by molar-refractivity contribution is 0.102. The summed E-state index contributed by atoms with van der Waals surface area (Å²) >= 11 is 0. The van der Waals surface area contributed by atoms with Crippen LogP contribution in [-0.4, -0.2) is 23.0 Å². The second-order valence-electron chi connectivity index (χ2n) is 5.32. The Bertz CT molecular complexity index is 836. The number of carbonyl (C=O) groups is 1.